The highest BCUT2D eigenvalue weighted by atomic mass is 16.5. The van der Waals surface area contributed by atoms with Crippen LogP contribution in [0.4, 0.5) is 0 Å². The highest BCUT2D eigenvalue weighted by Crippen LogP contribution is 2.49. The normalized spacial score (nSPS) is 40.5. The summed E-state index contributed by atoms with van der Waals surface area (Å²) in [6, 6.07) is 2.29. The van der Waals surface area contributed by atoms with Crippen molar-refractivity contribution in [2.45, 2.75) is 65.1 Å². The summed E-state index contributed by atoms with van der Waals surface area (Å²) in [4.78, 5) is 12.4. The lowest BCUT2D eigenvalue weighted by Gasteiger charge is -2.25. The monoisotopic (exact) mass is 235 g/mol. The number of nitriles is 1. The van der Waals surface area contributed by atoms with Crippen LogP contribution in [0.2, 0.25) is 0 Å². The van der Waals surface area contributed by atoms with Crippen molar-refractivity contribution in [3.8, 4) is 6.07 Å². The molecule has 1 aliphatic heterocycles. The first-order chi connectivity index (χ1) is 7.89. The van der Waals surface area contributed by atoms with E-state index in [1.807, 2.05) is 13.8 Å². The molecule has 1 heterocycles. The lowest BCUT2D eigenvalue weighted by molar-refractivity contribution is -0.131. The predicted molar refractivity (Wildman–Crippen MR) is 64.3 cm³/mol. The Hall–Kier alpha value is -0.880. The first-order valence-corrected chi connectivity index (χ1v) is 6.51. The van der Waals surface area contributed by atoms with E-state index in [1.54, 1.807) is 0 Å². The quantitative estimate of drug-likeness (QED) is 0.739. The van der Waals surface area contributed by atoms with Gasteiger partial charge in [-0.1, -0.05) is 13.8 Å². The van der Waals surface area contributed by atoms with E-state index in [4.69, 9.17) is 4.74 Å². The Morgan fingerprint density at radius 2 is 2.12 bits per heavy atom. The van der Waals surface area contributed by atoms with Crippen molar-refractivity contribution in [2.75, 3.05) is 0 Å². The second-order valence-electron chi connectivity index (χ2n) is 6.26. The van der Waals surface area contributed by atoms with E-state index in [-0.39, 0.29) is 23.4 Å². The molecule has 0 amide bonds. The zero-order valence-corrected chi connectivity index (χ0v) is 11.0. The van der Waals surface area contributed by atoms with Crippen LogP contribution in [0, 0.1) is 22.2 Å². The van der Waals surface area contributed by atoms with Gasteiger partial charge in [0.1, 0.15) is 5.41 Å². The van der Waals surface area contributed by atoms with Crippen LogP contribution in [0.3, 0.4) is 0 Å². The summed E-state index contributed by atoms with van der Waals surface area (Å²) in [6.07, 6.45) is 4.52. The van der Waals surface area contributed by atoms with Crippen molar-refractivity contribution in [3.05, 3.63) is 0 Å². The van der Waals surface area contributed by atoms with Gasteiger partial charge in [-0.25, -0.2) is 0 Å². The number of carbonyl (C=O) groups excluding carboxylic acids is 1. The minimum atomic E-state index is -0.780. The van der Waals surface area contributed by atoms with Crippen LogP contribution in [0.25, 0.3) is 0 Å². The van der Waals surface area contributed by atoms with E-state index < -0.39 is 5.41 Å². The van der Waals surface area contributed by atoms with Crippen LogP contribution >= 0.6 is 0 Å². The molecule has 1 saturated heterocycles. The molecule has 3 atom stereocenters. The number of Topliss-reactive ketones (excluding diaryl/α,β-unsaturated/α-hetero) is 1. The van der Waals surface area contributed by atoms with Gasteiger partial charge in [-0.3, -0.25) is 4.79 Å². The number of nitrogens with zero attached hydrogens (tertiary/aromatic N) is 1. The first kappa shape index (κ1) is 12.6. The van der Waals surface area contributed by atoms with Gasteiger partial charge in [0.05, 0.1) is 18.3 Å². The van der Waals surface area contributed by atoms with Crippen LogP contribution < -0.4 is 0 Å². The van der Waals surface area contributed by atoms with E-state index in [0.717, 1.165) is 19.3 Å². The fourth-order valence-electron chi connectivity index (χ4n) is 3.17. The van der Waals surface area contributed by atoms with Crippen LogP contribution in [-0.2, 0) is 9.53 Å². The molecular formula is C14H21NO2. The highest BCUT2D eigenvalue weighted by molar-refractivity contribution is 5.94. The number of carbonyl (C=O) groups is 1. The standard InChI is InChI=1S/C14H21NO2/c1-10-4-5-11(17-10)8-14(9-15)7-6-13(2,3)12(14)16/h10-11H,4-8H2,1-3H3. The van der Waals surface area contributed by atoms with Crippen molar-refractivity contribution >= 4 is 5.78 Å². The largest absolute Gasteiger partial charge is 0.375 e. The zero-order valence-electron chi connectivity index (χ0n) is 11.0. The first-order valence-electron chi connectivity index (χ1n) is 6.51. The van der Waals surface area contributed by atoms with E-state index in [1.165, 1.54) is 0 Å². The summed E-state index contributed by atoms with van der Waals surface area (Å²) < 4.78 is 5.76. The smallest absolute Gasteiger partial charge is 0.158 e. The lowest BCUT2D eigenvalue weighted by Crippen LogP contribution is -2.34. The minimum absolute atomic E-state index is 0.0995. The Labute approximate surface area is 103 Å². The molecule has 2 fully saturated rings. The average Bonchev–Trinajstić information content (AvgIpc) is 2.77. The Morgan fingerprint density at radius 3 is 2.53 bits per heavy atom. The highest BCUT2D eigenvalue weighted by Gasteiger charge is 2.53. The second-order valence-corrected chi connectivity index (χ2v) is 6.26. The third-order valence-corrected chi connectivity index (χ3v) is 4.34. The van der Waals surface area contributed by atoms with Gasteiger partial charge in [-0.2, -0.15) is 5.26 Å². The maximum Gasteiger partial charge on any atom is 0.158 e. The van der Waals surface area contributed by atoms with E-state index in [0.29, 0.717) is 12.8 Å². The number of ketones is 1. The Kier molecular flexibility index (Phi) is 3.03. The fourth-order valence-corrected chi connectivity index (χ4v) is 3.17. The van der Waals surface area contributed by atoms with Gasteiger partial charge in [0, 0.05) is 5.41 Å². The fraction of sp³-hybridized carbons (Fsp3) is 0.857. The number of hydrogen-bond acceptors (Lipinski definition) is 3. The molecule has 1 saturated carbocycles. The topological polar surface area (TPSA) is 50.1 Å². The third-order valence-electron chi connectivity index (χ3n) is 4.34. The van der Waals surface area contributed by atoms with Gasteiger partial charge in [-0.15, -0.1) is 0 Å². The molecule has 0 aromatic rings. The van der Waals surface area contributed by atoms with E-state index in [9.17, 15) is 10.1 Å². The van der Waals surface area contributed by atoms with Crippen molar-refractivity contribution in [2.24, 2.45) is 10.8 Å². The van der Waals surface area contributed by atoms with Gasteiger partial charge in [0.2, 0.25) is 0 Å². The molecule has 2 rings (SSSR count). The SMILES string of the molecule is CC1CCC(CC2(C#N)CCC(C)(C)C2=O)O1. The zero-order chi connectivity index (χ0) is 12.7. The van der Waals surface area contributed by atoms with Crippen molar-refractivity contribution in [3.63, 3.8) is 0 Å². The van der Waals surface area contributed by atoms with Crippen molar-refractivity contribution in [1.82, 2.24) is 0 Å². The Bertz CT molecular complexity index is 369. The van der Waals surface area contributed by atoms with Crippen LogP contribution in [0.1, 0.15) is 52.9 Å². The molecule has 3 nitrogen and oxygen atoms in total. The molecule has 1 aliphatic carbocycles. The van der Waals surface area contributed by atoms with Crippen LogP contribution in [0.5, 0.6) is 0 Å². The summed E-state index contributed by atoms with van der Waals surface area (Å²) in [5.41, 5.74) is -1.11. The predicted octanol–water partition coefficient (Wildman–Crippen LogP) is 2.84. The average molecular weight is 235 g/mol. The molecule has 3 unspecified atom stereocenters. The van der Waals surface area contributed by atoms with Gasteiger partial charge < -0.3 is 4.74 Å². The molecular weight excluding hydrogens is 214 g/mol. The van der Waals surface area contributed by atoms with Gasteiger partial charge in [0.15, 0.2) is 5.78 Å². The number of hydrogen-bond donors (Lipinski definition) is 0. The summed E-state index contributed by atoms with van der Waals surface area (Å²) in [5.74, 6) is 0.121. The molecule has 0 aromatic heterocycles. The van der Waals surface area contributed by atoms with Gasteiger partial charge in [-0.05, 0) is 39.0 Å². The third kappa shape index (κ3) is 2.11. The Morgan fingerprint density at radius 1 is 1.41 bits per heavy atom. The van der Waals surface area contributed by atoms with E-state index in [2.05, 4.69) is 13.0 Å². The molecule has 0 spiro atoms. The van der Waals surface area contributed by atoms with Crippen molar-refractivity contribution < 1.29 is 9.53 Å². The molecule has 3 heteroatoms. The van der Waals surface area contributed by atoms with Gasteiger partial charge >= 0.3 is 0 Å². The molecule has 94 valence electrons. The molecule has 2 aliphatic rings. The summed E-state index contributed by atoms with van der Waals surface area (Å²) in [7, 11) is 0. The molecule has 0 bridgehead atoms. The number of ether oxygens (including phenoxy) is 1. The van der Waals surface area contributed by atoms with Crippen molar-refractivity contribution in [1.29, 1.82) is 5.26 Å². The second kappa shape index (κ2) is 4.10. The lowest BCUT2D eigenvalue weighted by atomic mass is 9.77. The van der Waals surface area contributed by atoms with Crippen LogP contribution in [-0.4, -0.2) is 18.0 Å². The summed E-state index contributed by atoms with van der Waals surface area (Å²) >= 11 is 0. The molecule has 17 heavy (non-hydrogen) atoms. The van der Waals surface area contributed by atoms with E-state index >= 15 is 0 Å². The minimum Gasteiger partial charge on any atom is -0.375 e. The summed E-state index contributed by atoms with van der Waals surface area (Å²) in [5, 5.41) is 9.42. The van der Waals surface area contributed by atoms with Gasteiger partial charge in [0.25, 0.3) is 0 Å². The molecule has 0 radical (unpaired) electrons. The maximum absolute atomic E-state index is 12.4. The van der Waals surface area contributed by atoms with Crippen LogP contribution in [0.15, 0.2) is 0 Å². The molecule has 0 aromatic carbocycles. The Balaban J connectivity index is 2.12. The number of rotatable bonds is 2. The maximum atomic E-state index is 12.4. The summed E-state index contributed by atoms with van der Waals surface area (Å²) in [6.45, 7) is 5.96. The molecule has 0 N–H and O–H groups in total.